The van der Waals surface area contributed by atoms with Gasteiger partial charge in [0.15, 0.2) is 0 Å². The molecule has 2 aliphatic rings. The molecule has 1 aromatic carbocycles. The molecule has 6 nitrogen and oxygen atoms in total. The van der Waals surface area contributed by atoms with Gasteiger partial charge in [0.1, 0.15) is 5.69 Å². The number of hydrogen-bond acceptors (Lipinski definition) is 4. The maximum absolute atomic E-state index is 11.2. The molecule has 1 saturated heterocycles. The van der Waals surface area contributed by atoms with E-state index in [0.717, 1.165) is 48.6 Å². The first-order valence-electron chi connectivity index (χ1n) is 11.6. The molecule has 1 aromatic heterocycles. The highest BCUT2D eigenvalue weighted by molar-refractivity contribution is 5.70. The van der Waals surface area contributed by atoms with Gasteiger partial charge >= 0.3 is 5.97 Å². The zero-order valence-corrected chi connectivity index (χ0v) is 19.8. The molecule has 2 aromatic rings. The van der Waals surface area contributed by atoms with Gasteiger partial charge in [-0.2, -0.15) is 5.10 Å². The molecule has 2 N–H and O–H groups in total. The molecule has 0 saturated carbocycles. The van der Waals surface area contributed by atoms with Crippen molar-refractivity contribution in [2.45, 2.75) is 45.2 Å². The van der Waals surface area contributed by atoms with E-state index in [-0.39, 0.29) is 17.5 Å². The lowest BCUT2D eigenvalue weighted by molar-refractivity contribution is -0.141. The smallest absolute Gasteiger partial charge is 0.307 e. The number of rotatable bonds is 7. The Balaban J connectivity index is 1.39. The third-order valence-corrected chi connectivity index (χ3v) is 6.29. The molecule has 1 aliphatic heterocycles. The van der Waals surface area contributed by atoms with Gasteiger partial charge in [0.25, 0.3) is 0 Å². The van der Waals surface area contributed by atoms with Crippen LogP contribution in [0.4, 0.5) is 0 Å². The van der Waals surface area contributed by atoms with Crippen LogP contribution in [0.1, 0.15) is 39.3 Å². The van der Waals surface area contributed by atoms with Crippen LogP contribution < -0.4 is 5.32 Å². The van der Waals surface area contributed by atoms with Crippen molar-refractivity contribution in [3.8, 4) is 11.3 Å². The maximum Gasteiger partial charge on any atom is 0.307 e. The van der Waals surface area contributed by atoms with Crippen molar-refractivity contribution in [1.82, 2.24) is 20.0 Å². The van der Waals surface area contributed by atoms with E-state index in [9.17, 15) is 9.90 Å². The summed E-state index contributed by atoms with van der Waals surface area (Å²) < 4.78 is 2.07. The predicted octanol–water partition coefficient (Wildman–Crippen LogP) is 4.53. The van der Waals surface area contributed by atoms with Crippen LogP contribution in [0.2, 0.25) is 0 Å². The van der Waals surface area contributed by atoms with Crippen LogP contribution in [0, 0.1) is 5.92 Å². The second-order valence-electron chi connectivity index (χ2n) is 10.0. The highest BCUT2D eigenvalue weighted by atomic mass is 16.4. The number of aliphatic carboxylic acids is 1. The minimum Gasteiger partial charge on any atom is -0.481 e. The molecule has 1 fully saturated rings. The molecule has 0 radical (unpaired) electrons. The van der Waals surface area contributed by atoms with Crippen LogP contribution in [0.15, 0.2) is 66.8 Å². The predicted molar refractivity (Wildman–Crippen MR) is 133 cm³/mol. The lowest BCUT2D eigenvalue weighted by Crippen LogP contribution is -2.29. The first-order chi connectivity index (χ1) is 15.7. The molecule has 0 bridgehead atoms. The summed E-state index contributed by atoms with van der Waals surface area (Å²) in [7, 11) is 0. The Morgan fingerprint density at radius 1 is 1.27 bits per heavy atom. The number of carboxylic acid groups (broad SMARTS) is 1. The fraction of sp³-hybridized carbons (Fsp3) is 0.407. The molecule has 2 heterocycles. The first kappa shape index (κ1) is 23.1. The monoisotopic (exact) mass is 446 g/mol. The second-order valence-corrected chi connectivity index (χ2v) is 10.0. The molecule has 6 heteroatoms. The summed E-state index contributed by atoms with van der Waals surface area (Å²) in [4.78, 5) is 13.4. The van der Waals surface area contributed by atoms with Crippen molar-refractivity contribution >= 4 is 11.7 Å². The Bertz CT molecular complexity index is 1080. The zero-order valence-electron chi connectivity index (χ0n) is 19.8. The number of nitrogens with zero attached hydrogens (tertiary/aromatic N) is 3. The van der Waals surface area contributed by atoms with E-state index in [0.29, 0.717) is 6.54 Å². The van der Waals surface area contributed by atoms with Crippen molar-refractivity contribution in [3.05, 3.63) is 72.5 Å². The summed E-state index contributed by atoms with van der Waals surface area (Å²) >= 11 is 0. The average molecular weight is 447 g/mol. The van der Waals surface area contributed by atoms with E-state index in [1.54, 1.807) is 0 Å². The number of aromatic nitrogens is 2. The van der Waals surface area contributed by atoms with E-state index < -0.39 is 5.97 Å². The number of nitrogens with one attached hydrogen (secondary N) is 1. The van der Waals surface area contributed by atoms with Crippen molar-refractivity contribution in [1.29, 1.82) is 0 Å². The van der Waals surface area contributed by atoms with Crippen molar-refractivity contribution < 1.29 is 9.90 Å². The van der Waals surface area contributed by atoms with Gasteiger partial charge < -0.3 is 10.4 Å². The van der Waals surface area contributed by atoms with Gasteiger partial charge in [0.05, 0.1) is 22.8 Å². The molecule has 0 spiro atoms. The van der Waals surface area contributed by atoms with Gasteiger partial charge in [0, 0.05) is 19.1 Å². The third-order valence-electron chi connectivity index (χ3n) is 6.29. The summed E-state index contributed by atoms with van der Waals surface area (Å²) in [5.74, 6) is -0.914. The zero-order chi connectivity index (χ0) is 23.6. The van der Waals surface area contributed by atoms with E-state index in [1.807, 2.05) is 18.2 Å². The summed E-state index contributed by atoms with van der Waals surface area (Å²) in [6.07, 6.45) is 8.16. The van der Waals surface area contributed by atoms with Gasteiger partial charge in [0.2, 0.25) is 0 Å². The van der Waals surface area contributed by atoms with Crippen LogP contribution in [0.5, 0.6) is 0 Å². The highest BCUT2D eigenvalue weighted by Gasteiger charge is 2.28. The number of benzene rings is 1. The number of carbonyl (C=O) groups is 1. The van der Waals surface area contributed by atoms with Crippen LogP contribution in [-0.2, 0) is 10.3 Å². The van der Waals surface area contributed by atoms with Crippen molar-refractivity contribution in [2.24, 2.45) is 5.92 Å². The first-order valence-corrected chi connectivity index (χ1v) is 11.6. The van der Waals surface area contributed by atoms with Gasteiger partial charge in [-0.1, -0.05) is 55.1 Å². The van der Waals surface area contributed by atoms with E-state index in [2.05, 4.69) is 78.7 Å². The Hall–Kier alpha value is -3.12. The number of carboxylic acids is 1. The number of hydrogen-bond donors (Lipinski definition) is 2. The van der Waals surface area contributed by atoms with Gasteiger partial charge in [-0.3, -0.25) is 14.4 Å². The van der Waals surface area contributed by atoms with Gasteiger partial charge in [-0.05, 0) is 57.4 Å². The summed E-state index contributed by atoms with van der Waals surface area (Å²) in [6, 6.07) is 12.6. The molecule has 4 rings (SSSR count). The van der Waals surface area contributed by atoms with Gasteiger partial charge in [-0.15, -0.1) is 0 Å². The fourth-order valence-electron chi connectivity index (χ4n) is 4.48. The lowest BCUT2D eigenvalue weighted by atomic mass is 10.0. The number of likely N-dealkylation sites (tertiary alicyclic amines) is 1. The van der Waals surface area contributed by atoms with Crippen LogP contribution in [-0.4, -0.2) is 51.4 Å². The Morgan fingerprint density at radius 3 is 2.64 bits per heavy atom. The molecular formula is C27H34N4O2. The molecule has 0 amide bonds. The topological polar surface area (TPSA) is 70.4 Å². The molecule has 2 unspecified atom stereocenters. The molecular weight excluding hydrogens is 412 g/mol. The van der Waals surface area contributed by atoms with E-state index >= 15 is 0 Å². The fourth-order valence-corrected chi connectivity index (χ4v) is 4.48. The van der Waals surface area contributed by atoms with E-state index in [4.69, 9.17) is 5.10 Å². The summed E-state index contributed by atoms with van der Waals surface area (Å²) in [5, 5.41) is 17.6. The minimum atomic E-state index is -0.683. The minimum absolute atomic E-state index is 0.151. The normalized spacial score (nSPS) is 21.1. The highest BCUT2D eigenvalue weighted by Crippen LogP contribution is 2.28. The molecule has 174 valence electrons. The second kappa shape index (κ2) is 9.40. The Kier molecular flexibility index (Phi) is 6.56. The van der Waals surface area contributed by atoms with Crippen LogP contribution in [0.25, 0.3) is 17.0 Å². The van der Waals surface area contributed by atoms with Crippen LogP contribution in [0.3, 0.4) is 0 Å². The standard InChI is InChI=1S/C27H34N4O2/c1-19(24-16-25(21-8-6-5-7-9-21)31(29-24)27(2,3)4)28-23-12-10-20(11-13-23)17-30-15-14-22(18-30)26(32)33/h5-12,16,22-23,28H,1,13-15,17-18H2,2-4H3,(H,32,33). The molecule has 33 heavy (non-hydrogen) atoms. The average Bonchev–Trinajstić information content (AvgIpc) is 3.43. The van der Waals surface area contributed by atoms with Gasteiger partial charge in [-0.25, -0.2) is 0 Å². The summed E-state index contributed by atoms with van der Waals surface area (Å²) in [6.45, 7) is 13.0. The lowest BCUT2D eigenvalue weighted by Gasteiger charge is -2.23. The Labute approximate surface area is 196 Å². The van der Waals surface area contributed by atoms with Crippen molar-refractivity contribution in [3.63, 3.8) is 0 Å². The molecule has 1 aliphatic carbocycles. The molecule has 2 atom stereocenters. The SMILES string of the molecule is C=C(NC1C=CC(CN2CCC(C(=O)O)C2)=CC1)c1cc(-c2ccccc2)n(C(C)(C)C)n1. The quantitative estimate of drug-likeness (QED) is 0.654. The Morgan fingerprint density at radius 2 is 2.03 bits per heavy atom. The summed E-state index contributed by atoms with van der Waals surface area (Å²) in [5.41, 5.74) is 4.97. The largest absolute Gasteiger partial charge is 0.481 e. The maximum atomic E-state index is 11.2. The third kappa shape index (κ3) is 5.45. The van der Waals surface area contributed by atoms with Crippen molar-refractivity contribution in [2.75, 3.05) is 19.6 Å². The van der Waals surface area contributed by atoms with E-state index in [1.165, 1.54) is 5.57 Å². The van der Waals surface area contributed by atoms with Crippen LogP contribution >= 0.6 is 0 Å².